The van der Waals surface area contributed by atoms with E-state index in [9.17, 15) is 0 Å². The van der Waals surface area contributed by atoms with Crippen LogP contribution >= 0.6 is 0 Å². The molecule has 0 radical (unpaired) electrons. The van der Waals surface area contributed by atoms with Gasteiger partial charge >= 0.3 is 0 Å². The van der Waals surface area contributed by atoms with E-state index in [1.165, 1.54) is 18.5 Å². The number of anilines is 1. The highest BCUT2D eigenvalue weighted by atomic mass is 15.1. The number of benzene rings is 1. The van der Waals surface area contributed by atoms with Crippen molar-refractivity contribution < 1.29 is 0 Å². The first-order valence-corrected chi connectivity index (χ1v) is 6.23. The predicted molar refractivity (Wildman–Crippen MR) is 72.1 cm³/mol. The average Bonchev–Trinajstić information content (AvgIpc) is 2.30. The van der Waals surface area contributed by atoms with Crippen LogP contribution in [0.5, 0.6) is 0 Å². The van der Waals surface area contributed by atoms with Gasteiger partial charge in [-0.25, -0.2) is 0 Å². The van der Waals surface area contributed by atoms with Crippen LogP contribution in [0.15, 0.2) is 30.3 Å². The highest BCUT2D eigenvalue weighted by Gasteiger charge is 2.02. The molecule has 0 aliphatic rings. The molecule has 1 atom stereocenters. The Labute approximate surface area is 99.7 Å². The van der Waals surface area contributed by atoms with Gasteiger partial charge in [0, 0.05) is 25.3 Å². The van der Waals surface area contributed by atoms with Crippen LogP contribution in [-0.2, 0) is 0 Å². The molecule has 0 bridgehead atoms. The summed E-state index contributed by atoms with van der Waals surface area (Å²) in [5.41, 5.74) is 1.30. The minimum Gasteiger partial charge on any atom is -0.375 e. The molecule has 1 N–H and O–H groups in total. The molecule has 16 heavy (non-hydrogen) atoms. The number of para-hydroxylation sites is 1. The second-order valence-electron chi connectivity index (χ2n) is 4.36. The zero-order valence-electron chi connectivity index (χ0n) is 10.7. The van der Waals surface area contributed by atoms with Crippen molar-refractivity contribution in [1.82, 2.24) is 5.32 Å². The number of rotatable bonds is 7. The Hall–Kier alpha value is -1.02. The zero-order valence-corrected chi connectivity index (χ0v) is 10.7. The van der Waals surface area contributed by atoms with Gasteiger partial charge in [-0.3, -0.25) is 0 Å². The van der Waals surface area contributed by atoms with Crippen molar-refractivity contribution in [3.05, 3.63) is 30.3 Å². The van der Waals surface area contributed by atoms with E-state index in [4.69, 9.17) is 0 Å². The summed E-state index contributed by atoms with van der Waals surface area (Å²) >= 11 is 0. The molecule has 0 heterocycles. The molecule has 0 spiro atoms. The first-order chi connectivity index (χ1) is 7.74. The minimum atomic E-state index is 0.633. The van der Waals surface area contributed by atoms with Crippen LogP contribution in [0.3, 0.4) is 0 Å². The summed E-state index contributed by atoms with van der Waals surface area (Å²) in [6, 6.07) is 11.2. The molecule has 0 saturated carbocycles. The van der Waals surface area contributed by atoms with Crippen LogP contribution in [0, 0.1) is 0 Å². The van der Waals surface area contributed by atoms with Gasteiger partial charge in [0.1, 0.15) is 0 Å². The Kier molecular flexibility index (Phi) is 5.94. The minimum absolute atomic E-state index is 0.633. The van der Waals surface area contributed by atoms with Gasteiger partial charge in [0.05, 0.1) is 0 Å². The average molecular weight is 220 g/mol. The quantitative estimate of drug-likeness (QED) is 0.760. The smallest absolute Gasteiger partial charge is 0.0363 e. The fourth-order valence-electron chi connectivity index (χ4n) is 1.90. The van der Waals surface area contributed by atoms with Gasteiger partial charge in [-0.05, 0) is 38.4 Å². The van der Waals surface area contributed by atoms with Gasteiger partial charge in [0.2, 0.25) is 0 Å². The van der Waals surface area contributed by atoms with E-state index < -0.39 is 0 Å². The molecule has 0 aliphatic heterocycles. The molecule has 0 aliphatic carbocycles. The number of nitrogens with one attached hydrogen (secondary N) is 1. The van der Waals surface area contributed by atoms with Gasteiger partial charge in [0.15, 0.2) is 0 Å². The molecule has 1 aromatic carbocycles. The van der Waals surface area contributed by atoms with Crippen LogP contribution in [0.1, 0.15) is 26.7 Å². The van der Waals surface area contributed by atoms with Crippen molar-refractivity contribution in [2.24, 2.45) is 0 Å². The van der Waals surface area contributed by atoms with Crippen molar-refractivity contribution in [3.63, 3.8) is 0 Å². The SMILES string of the molecule is CCNC(C)CCCN(C)c1ccccc1. The standard InChI is InChI=1S/C14H24N2/c1-4-15-13(2)9-8-12-16(3)14-10-6-5-7-11-14/h5-7,10-11,13,15H,4,8-9,12H2,1-3H3. The number of hydrogen-bond donors (Lipinski definition) is 1. The van der Waals surface area contributed by atoms with Gasteiger partial charge in [0.25, 0.3) is 0 Å². The van der Waals surface area contributed by atoms with Gasteiger partial charge in [-0.15, -0.1) is 0 Å². The highest BCUT2D eigenvalue weighted by Crippen LogP contribution is 2.11. The number of hydrogen-bond acceptors (Lipinski definition) is 2. The summed E-state index contributed by atoms with van der Waals surface area (Å²) in [7, 11) is 2.16. The lowest BCUT2D eigenvalue weighted by Gasteiger charge is -2.20. The van der Waals surface area contributed by atoms with Crippen LogP contribution in [0.4, 0.5) is 5.69 Å². The maximum atomic E-state index is 3.44. The zero-order chi connectivity index (χ0) is 11.8. The third-order valence-corrected chi connectivity index (χ3v) is 2.88. The van der Waals surface area contributed by atoms with Crippen molar-refractivity contribution >= 4 is 5.69 Å². The molecule has 2 nitrogen and oxygen atoms in total. The summed E-state index contributed by atoms with van der Waals surface area (Å²) in [6.07, 6.45) is 2.48. The maximum absolute atomic E-state index is 3.44. The van der Waals surface area contributed by atoms with Crippen molar-refractivity contribution in [1.29, 1.82) is 0 Å². The molecule has 0 aromatic heterocycles. The lowest BCUT2D eigenvalue weighted by molar-refractivity contribution is 0.513. The topological polar surface area (TPSA) is 15.3 Å². The largest absolute Gasteiger partial charge is 0.375 e. The second-order valence-corrected chi connectivity index (χ2v) is 4.36. The molecular weight excluding hydrogens is 196 g/mol. The summed E-state index contributed by atoms with van der Waals surface area (Å²) in [5.74, 6) is 0. The first kappa shape index (κ1) is 13.0. The van der Waals surface area contributed by atoms with Crippen LogP contribution < -0.4 is 10.2 Å². The van der Waals surface area contributed by atoms with Gasteiger partial charge < -0.3 is 10.2 Å². The van der Waals surface area contributed by atoms with E-state index in [0.717, 1.165) is 13.1 Å². The summed E-state index contributed by atoms with van der Waals surface area (Å²) in [5, 5.41) is 3.44. The van der Waals surface area contributed by atoms with Crippen molar-refractivity contribution in [2.75, 3.05) is 25.0 Å². The second kappa shape index (κ2) is 7.29. The highest BCUT2D eigenvalue weighted by molar-refractivity contribution is 5.44. The molecule has 0 saturated heterocycles. The van der Waals surface area contributed by atoms with E-state index in [1.807, 2.05) is 0 Å². The van der Waals surface area contributed by atoms with Crippen LogP contribution in [-0.4, -0.2) is 26.2 Å². The van der Waals surface area contributed by atoms with E-state index in [0.29, 0.717) is 6.04 Å². The van der Waals surface area contributed by atoms with Crippen molar-refractivity contribution in [2.45, 2.75) is 32.7 Å². The lowest BCUT2D eigenvalue weighted by atomic mass is 10.1. The molecule has 90 valence electrons. The fourth-order valence-corrected chi connectivity index (χ4v) is 1.90. The van der Waals surface area contributed by atoms with Gasteiger partial charge in [-0.1, -0.05) is 25.1 Å². The Morgan fingerprint density at radius 2 is 1.94 bits per heavy atom. The monoisotopic (exact) mass is 220 g/mol. The Morgan fingerprint density at radius 3 is 2.56 bits per heavy atom. The Morgan fingerprint density at radius 1 is 1.25 bits per heavy atom. The normalized spacial score (nSPS) is 12.4. The van der Waals surface area contributed by atoms with E-state index in [2.05, 4.69) is 61.4 Å². The Balaban J connectivity index is 2.23. The maximum Gasteiger partial charge on any atom is 0.0363 e. The van der Waals surface area contributed by atoms with E-state index in [-0.39, 0.29) is 0 Å². The molecule has 1 unspecified atom stereocenters. The van der Waals surface area contributed by atoms with Crippen LogP contribution in [0.2, 0.25) is 0 Å². The molecule has 0 fully saturated rings. The van der Waals surface area contributed by atoms with Crippen molar-refractivity contribution in [3.8, 4) is 0 Å². The first-order valence-electron chi connectivity index (χ1n) is 6.23. The van der Waals surface area contributed by atoms with E-state index >= 15 is 0 Å². The molecule has 0 amide bonds. The third-order valence-electron chi connectivity index (χ3n) is 2.88. The molecule has 1 rings (SSSR count). The fraction of sp³-hybridized carbons (Fsp3) is 0.571. The van der Waals surface area contributed by atoms with Crippen LogP contribution in [0.25, 0.3) is 0 Å². The third kappa shape index (κ3) is 4.67. The van der Waals surface area contributed by atoms with E-state index in [1.54, 1.807) is 0 Å². The Bertz CT molecular complexity index is 271. The predicted octanol–water partition coefficient (Wildman–Crippen LogP) is 2.90. The van der Waals surface area contributed by atoms with Gasteiger partial charge in [-0.2, -0.15) is 0 Å². The molecular formula is C14H24N2. The summed E-state index contributed by atoms with van der Waals surface area (Å²) < 4.78 is 0. The molecule has 1 aromatic rings. The molecule has 2 heteroatoms. The number of nitrogens with zero attached hydrogens (tertiary/aromatic N) is 1. The lowest BCUT2D eigenvalue weighted by Crippen LogP contribution is -2.27. The summed E-state index contributed by atoms with van der Waals surface area (Å²) in [4.78, 5) is 2.32. The summed E-state index contributed by atoms with van der Waals surface area (Å²) in [6.45, 7) is 6.61.